The molecule has 1 aliphatic heterocycles. The second kappa shape index (κ2) is 6.31. The molecular weight excluding hydrogens is 306 g/mol. The molecule has 0 bridgehead atoms. The zero-order chi connectivity index (χ0) is 17.6. The molecule has 132 valence electrons. The van der Waals surface area contributed by atoms with E-state index in [-0.39, 0.29) is 17.2 Å². The molecule has 0 aromatic carbocycles. The average Bonchev–Trinajstić information content (AvgIpc) is 2.93. The number of aryl methyl sites for hydroxylation is 2. The van der Waals surface area contributed by atoms with E-state index in [0.717, 1.165) is 29.9 Å². The quantitative estimate of drug-likeness (QED) is 0.828. The second-order valence-corrected chi connectivity index (χ2v) is 13.2. The maximum Gasteiger partial charge on any atom is 0.192 e. The molecule has 1 fully saturated rings. The first-order valence-corrected chi connectivity index (χ1v) is 11.4. The van der Waals surface area contributed by atoms with Crippen molar-refractivity contribution in [2.45, 2.75) is 77.4 Å². The van der Waals surface area contributed by atoms with Gasteiger partial charge in [0.1, 0.15) is 0 Å². The predicted molar refractivity (Wildman–Crippen MR) is 96.1 cm³/mol. The maximum atomic E-state index is 10.8. The van der Waals surface area contributed by atoms with Gasteiger partial charge in [-0.1, -0.05) is 20.8 Å². The molecule has 6 heteroatoms. The molecule has 0 amide bonds. The molecule has 0 spiro atoms. The van der Waals surface area contributed by atoms with Crippen LogP contribution in [0.1, 0.15) is 50.2 Å². The molecule has 2 rings (SSSR count). The number of aliphatic hydroxyl groups is 1. The normalized spacial score (nSPS) is 24.2. The minimum absolute atomic E-state index is 0.0337. The Hall–Kier alpha value is -0.693. The number of aromatic nitrogens is 2. The lowest BCUT2D eigenvalue weighted by molar-refractivity contribution is 0.126. The summed E-state index contributed by atoms with van der Waals surface area (Å²) in [5.41, 5.74) is 2.90. The van der Waals surface area contributed by atoms with Gasteiger partial charge in [-0.3, -0.25) is 4.68 Å². The molecule has 2 heterocycles. The van der Waals surface area contributed by atoms with Crippen molar-refractivity contribution in [2.75, 3.05) is 6.54 Å². The standard InChI is InChI=1S/C17H33N3O2Si/c1-11-15(12(2)20(6)19-11)16(21)14-9-13(10-18-14)22-23(7,8)17(3,4)5/h13-14,16,18,21H,9-10H2,1-8H3/t13-,14+,16?/m0/s1. The van der Waals surface area contributed by atoms with E-state index in [2.05, 4.69) is 44.3 Å². The largest absolute Gasteiger partial charge is 0.413 e. The Labute approximate surface area is 141 Å². The molecule has 23 heavy (non-hydrogen) atoms. The predicted octanol–water partition coefficient (Wildman–Crippen LogP) is 2.82. The Morgan fingerprint density at radius 1 is 1.35 bits per heavy atom. The summed E-state index contributed by atoms with van der Waals surface area (Å²) in [4.78, 5) is 0. The van der Waals surface area contributed by atoms with Crippen molar-refractivity contribution >= 4 is 8.32 Å². The third-order valence-electron chi connectivity index (χ3n) is 5.63. The summed E-state index contributed by atoms with van der Waals surface area (Å²) in [5.74, 6) is 0. The van der Waals surface area contributed by atoms with Gasteiger partial charge in [-0.2, -0.15) is 5.10 Å². The maximum absolute atomic E-state index is 10.8. The third kappa shape index (κ3) is 3.70. The summed E-state index contributed by atoms with van der Waals surface area (Å²) < 4.78 is 8.33. The monoisotopic (exact) mass is 339 g/mol. The van der Waals surface area contributed by atoms with Crippen LogP contribution in [0.3, 0.4) is 0 Å². The molecular formula is C17H33N3O2Si. The Bertz CT molecular complexity index is 563. The van der Waals surface area contributed by atoms with Crippen LogP contribution < -0.4 is 5.32 Å². The smallest absolute Gasteiger partial charge is 0.192 e. The van der Waals surface area contributed by atoms with E-state index in [0.29, 0.717) is 0 Å². The van der Waals surface area contributed by atoms with Crippen LogP contribution in [-0.2, 0) is 11.5 Å². The summed E-state index contributed by atoms with van der Waals surface area (Å²) in [6, 6.07) is 0.0337. The number of nitrogens with zero attached hydrogens (tertiary/aromatic N) is 2. The number of nitrogens with one attached hydrogen (secondary N) is 1. The highest BCUT2D eigenvalue weighted by atomic mass is 28.4. The van der Waals surface area contributed by atoms with E-state index in [4.69, 9.17) is 4.43 Å². The van der Waals surface area contributed by atoms with E-state index in [1.807, 2.05) is 25.6 Å². The van der Waals surface area contributed by atoms with Crippen LogP contribution >= 0.6 is 0 Å². The first-order chi connectivity index (χ1) is 10.4. The van der Waals surface area contributed by atoms with Crippen LogP contribution in [0.15, 0.2) is 0 Å². The van der Waals surface area contributed by atoms with E-state index in [9.17, 15) is 5.11 Å². The van der Waals surface area contributed by atoms with Gasteiger partial charge in [0.05, 0.1) is 17.9 Å². The molecule has 5 nitrogen and oxygen atoms in total. The van der Waals surface area contributed by atoms with Gasteiger partial charge in [0.2, 0.25) is 0 Å². The van der Waals surface area contributed by atoms with Crippen molar-refractivity contribution in [2.24, 2.45) is 7.05 Å². The van der Waals surface area contributed by atoms with E-state index in [1.54, 1.807) is 0 Å². The number of hydrogen-bond donors (Lipinski definition) is 2. The Morgan fingerprint density at radius 3 is 2.43 bits per heavy atom. The lowest BCUT2D eigenvalue weighted by atomic mass is 9.99. The van der Waals surface area contributed by atoms with E-state index < -0.39 is 14.4 Å². The first-order valence-electron chi connectivity index (χ1n) is 8.53. The van der Waals surface area contributed by atoms with Gasteiger partial charge >= 0.3 is 0 Å². The van der Waals surface area contributed by atoms with E-state index >= 15 is 0 Å². The highest BCUT2D eigenvalue weighted by molar-refractivity contribution is 6.74. The van der Waals surface area contributed by atoms with Crippen LogP contribution in [0.25, 0.3) is 0 Å². The first kappa shape index (κ1) is 18.6. The van der Waals surface area contributed by atoms with Crippen LogP contribution in [0.5, 0.6) is 0 Å². The average molecular weight is 340 g/mol. The minimum atomic E-state index is -1.77. The molecule has 2 N–H and O–H groups in total. The number of aliphatic hydroxyl groups excluding tert-OH is 1. The highest BCUT2D eigenvalue weighted by Gasteiger charge is 2.42. The number of rotatable bonds is 4. The topological polar surface area (TPSA) is 59.3 Å². The van der Waals surface area contributed by atoms with Crippen molar-refractivity contribution in [1.82, 2.24) is 15.1 Å². The summed E-state index contributed by atoms with van der Waals surface area (Å²) in [7, 11) is 0.151. The summed E-state index contributed by atoms with van der Waals surface area (Å²) >= 11 is 0. The summed E-state index contributed by atoms with van der Waals surface area (Å²) in [6.07, 6.45) is 0.506. The van der Waals surface area contributed by atoms with Crippen molar-refractivity contribution in [3.05, 3.63) is 17.0 Å². The fraction of sp³-hybridized carbons (Fsp3) is 0.824. The Kier molecular flexibility index (Phi) is 5.12. The van der Waals surface area contributed by atoms with Crippen molar-refractivity contribution in [1.29, 1.82) is 0 Å². The zero-order valence-electron chi connectivity index (χ0n) is 15.9. The van der Waals surface area contributed by atoms with Gasteiger partial charge in [-0.15, -0.1) is 0 Å². The van der Waals surface area contributed by atoms with Crippen LogP contribution in [0.2, 0.25) is 18.1 Å². The number of hydrogen-bond acceptors (Lipinski definition) is 4. The molecule has 3 atom stereocenters. The fourth-order valence-electron chi connectivity index (χ4n) is 3.08. The van der Waals surface area contributed by atoms with Gasteiger partial charge in [-0.05, 0) is 38.4 Å². The molecule has 1 aromatic heterocycles. The van der Waals surface area contributed by atoms with Gasteiger partial charge < -0.3 is 14.8 Å². The van der Waals surface area contributed by atoms with Gasteiger partial charge in [0.25, 0.3) is 0 Å². The highest BCUT2D eigenvalue weighted by Crippen LogP contribution is 2.39. The molecule has 0 aliphatic carbocycles. The van der Waals surface area contributed by atoms with Crippen LogP contribution in [0.4, 0.5) is 0 Å². The van der Waals surface area contributed by atoms with Crippen molar-refractivity contribution < 1.29 is 9.53 Å². The molecule has 1 aliphatic rings. The van der Waals surface area contributed by atoms with Gasteiger partial charge in [0, 0.05) is 30.9 Å². The lowest BCUT2D eigenvalue weighted by Crippen LogP contribution is -2.44. The molecule has 1 saturated heterocycles. The third-order valence-corrected chi connectivity index (χ3v) is 10.2. The Morgan fingerprint density at radius 2 is 1.96 bits per heavy atom. The summed E-state index contributed by atoms with van der Waals surface area (Å²) in [6.45, 7) is 16.1. The molecule has 1 unspecified atom stereocenters. The van der Waals surface area contributed by atoms with Crippen molar-refractivity contribution in [3.8, 4) is 0 Å². The molecule has 0 radical (unpaired) electrons. The van der Waals surface area contributed by atoms with Gasteiger partial charge in [0.15, 0.2) is 8.32 Å². The fourth-order valence-corrected chi connectivity index (χ4v) is 4.44. The minimum Gasteiger partial charge on any atom is -0.413 e. The Balaban J connectivity index is 2.05. The second-order valence-electron chi connectivity index (χ2n) is 8.40. The van der Waals surface area contributed by atoms with Crippen LogP contribution in [-0.4, -0.2) is 41.9 Å². The molecule has 1 aromatic rings. The summed E-state index contributed by atoms with van der Waals surface area (Å²) in [5, 5.41) is 18.9. The van der Waals surface area contributed by atoms with E-state index in [1.165, 1.54) is 0 Å². The van der Waals surface area contributed by atoms with Crippen LogP contribution in [0, 0.1) is 13.8 Å². The van der Waals surface area contributed by atoms with Gasteiger partial charge in [-0.25, -0.2) is 0 Å². The SMILES string of the molecule is Cc1nn(C)c(C)c1C(O)[C@H]1C[C@H](O[Si](C)(C)C(C)(C)C)CN1. The zero-order valence-corrected chi connectivity index (χ0v) is 16.9. The molecule has 0 saturated carbocycles. The lowest BCUT2D eigenvalue weighted by Gasteiger charge is -2.38. The van der Waals surface area contributed by atoms with Crippen molar-refractivity contribution in [3.63, 3.8) is 0 Å².